The van der Waals surface area contributed by atoms with Crippen LogP contribution in [0.15, 0.2) is 11.8 Å². The van der Waals surface area contributed by atoms with Crippen molar-refractivity contribution in [2.24, 2.45) is 11.3 Å². The molecule has 4 nitrogen and oxygen atoms in total. The van der Waals surface area contributed by atoms with Crippen LogP contribution >= 0.6 is 0 Å². The third-order valence-corrected chi connectivity index (χ3v) is 12.0. The number of hydrogen-bond acceptors (Lipinski definition) is 4. The van der Waals surface area contributed by atoms with E-state index < -0.39 is 8.32 Å². The summed E-state index contributed by atoms with van der Waals surface area (Å²) in [7, 11) is -1.90. The molecule has 2 aliphatic carbocycles. The lowest BCUT2D eigenvalue weighted by Crippen LogP contribution is -2.54. The van der Waals surface area contributed by atoms with Crippen molar-refractivity contribution in [1.82, 2.24) is 0 Å². The molecule has 140 valence electrons. The molecule has 4 rings (SSSR count). The second-order valence-corrected chi connectivity index (χ2v) is 14.8. The highest BCUT2D eigenvalue weighted by atomic mass is 28.4. The first-order valence-electron chi connectivity index (χ1n) is 9.85. The van der Waals surface area contributed by atoms with Crippen LogP contribution < -0.4 is 0 Å². The Labute approximate surface area is 152 Å². The number of esters is 1. The Bertz CT molecular complexity index is 605. The number of cyclic esters (lactones) is 1. The Morgan fingerprint density at radius 2 is 2.00 bits per heavy atom. The van der Waals surface area contributed by atoms with Gasteiger partial charge in [-0.3, -0.25) is 4.79 Å². The summed E-state index contributed by atoms with van der Waals surface area (Å²) >= 11 is 0. The maximum absolute atomic E-state index is 12.0. The van der Waals surface area contributed by atoms with Gasteiger partial charge in [0.2, 0.25) is 0 Å². The summed E-state index contributed by atoms with van der Waals surface area (Å²) < 4.78 is 18.4. The van der Waals surface area contributed by atoms with E-state index in [9.17, 15) is 4.79 Å². The molecule has 0 aromatic carbocycles. The van der Waals surface area contributed by atoms with Gasteiger partial charge in [0.15, 0.2) is 8.32 Å². The topological polar surface area (TPSA) is 48.1 Å². The normalized spacial score (nSPS) is 40.8. The van der Waals surface area contributed by atoms with Gasteiger partial charge < -0.3 is 13.9 Å². The van der Waals surface area contributed by atoms with Gasteiger partial charge in [0.25, 0.3) is 0 Å². The fraction of sp³-hybridized carbons (Fsp3) is 0.850. The van der Waals surface area contributed by atoms with Crippen molar-refractivity contribution in [3.63, 3.8) is 0 Å². The smallest absolute Gasteiger partial charge is 0.310 e. The molecule has 0 aromatic heterocycles. The van der Waals surface area contributed by atoms with Crippen LogP contribution in [0.3, 0.4) is 0 Å². The minimum absolute atomic E-state index is 0.0689. The molecule has 1 spiro atoms. The Morgan fingerprint density at radius 3 is 2.72 bits per heavy atom. The Hall–Kier alpha value is -0.653. The molecule has 5 heteroatoms. The van der Waals surface area contributed by atoms with Crippen LogP contribution in [0.25, 0.3) is 0 Å². The first-order valence-corrected chi connectivity index (χ1v) is 12.8. The van der Waals surface area contributed by atoms with Crippen molar-refractivity contribution < 1.29 is 18.7 Å². The quantitative estimate of drug-likeness (QED) is 0.409. The van der Waals surface area contributed by atoms with E-state index in [0.29, 0.717) is 24.5 Å². The number of carbonyl (C=O) groups excluding carboxylic acids is 1. The van der Waals surface area contributed by atoms with E-state index in [1.807, 2.05) is 0 Å². The Morgan fingerprint density at radius 1 is 1.24 bits per heavy atom. The SMILES string of the molecule is CC(C)(C)[Si](C)(C)O[C@@H]1[C@H]2CCC3=COC(=O)CC[C@]31C[C@@H]1O[C@H]1C2. The summed E-state index contributed by atoms with van der Waals surface area (Å²) in [6.45, 7) is 11.6. The van der Waals surface area contributed by atoms with Gasteiger partial charge in [-0.05, 0) is 61.7 Å². The van der Waals surface area contributed by atoms with Gasteiger partial charge in [-0.1, -0.05) is 20.8 Å². The average Bonchev–Trinajstić information content (AvgIpc) is 3.26. The molecule has 0 unspecified atom stereocenters. The van der Waals surface area contributed by atoms with E-state index in [1.54, 1.807) is 6.26 Å². The standard InChI is InChI=1S/C20H32O4Si/c1-19(2,3)25(4,5)24-18-13-6-7-14-12-22-17(21)8-9-20(14,18)11-16-15(10-13)23-16/h12-13,15-16,18H,6-11H2,1-5H3/t13-,15-,16-,18+,20-/m0/s1. The largest absolute Gasteiger partial charge is 0.435 e. The zero-order valence-corrected chi connectivity index (χ0v) is 17.3. The van der Waals surface area contributed by atoms with E-state index in [-0.39, 0.29) is 22.5 Å². The van der Waals surface area contributed by atoms with E-state index in [4.69, 9.17) is 13.9 Å². The van der Waals surface area contributed by atoms with Crippen LogP contribution in [-0.4, -0.2) is 32.6 Å². The van der Waals surface area contributed by atoms with E-state index >= 15 is 0 Å². The van der Waals surface area contributed by atoms with Crippen molar-refractivity contribution >= 4 is 14.3 Å². The Kier molecular flexibility index (Phi) is 4.02. The van der Waals surface area contributed by atoms with Crippen LogP contribution in [0.2, 0.25) is 18.1 Å². The predicted octanol–water partition coefficient (Wildman–Crippen LogP) is 4.56. The molecule has 1 saturated heterocycles. The summed E-state index contributed by atoms with van der Waals surface area (Å²) in [6.07, 6.45) is 8.35. The van der Waals surface area contributed by atoms with Crippen molar-refractivity contribution in [2.45, 2.75) is 95.7 Å². The molecule has 0 N–H and O–H groups in total. The zero-order chi connectivity index (χ0) is 18.0. The molecule has 2 bridgehead atoms. The highest BCUT2D eigenvalue weighted by Gasteiger charge is 2.60. The minimum atomic E-state index is -1.90. The predicted molar refractivity (Wildman–Crippen MR) is 98.5 cm³/mol. The molecule has 3 fully saturated rings. The highest BCUT2D eigenvalue weighted by Crippen LogP contribution is 2.60. The second kappa shape index (κ2) is 5.67. The summed E-state index contributed by atoms with van der Waals surface area (Å²) in [4.78, 5) is 12.0. The van der Waals surface area contributed by atoms with Crippen LogP contribution in [0.4, 0.5) is 0 Å². The van der Waals surface area contributed by atoms with Crippen LogP contribution in [-0.2, 0) is 18.7 Å². The molecular formula is C20H32O4Si. The molecule has 5 atom stereocenters. The van der Waals surface area contributed by atoms with Crippen molar-refractivity contribution in [1.29, 1.82) is 0 Å². The molecule has 0 amide bonds. The van der Waals surface area contributed by atoms with Gasteiger partial charge in [-0.2, -0.15) is 0 Å². The van der Waals surface area contributed by atoms with Crippen LogP contribution in [0.1, 0.15) is 59.3 Å². The number of epoxide rings is 1. The van der Waals surface area contributed by atoms with Crippen molar-refractivity contribution in [3.05, 3.63) is 11.8 Å². The van der Waals surface area contributed by atoms with Gasteiger partial charge in [-0.15, -0.1) is 0 Å². The number of fused-ring (bicyclic) bond motifs is 2. The summed E-state index contributed by atoms with van der Waals surface area (Å²) in [5.41, 5.74) is 1.23. The zero-order valence-electron chi connectivity index (χ0n) is 16.3. The fourth-order valence-corrected chi connectivity index (χ4v) is 6.30. The lowest BCUT2D eigenvalue weighted by atomic mass is 9.61. The van der Waals surface area contributed by atoms with Crippen LogP contribution in [0, 0.1) is 11.3 Å². The summed E-state index contributed by atoms with van der Waals surface area (Å²) in [6, 6.07) is 0. The lowest BCUT2D eigenvalue weighted by molar-refractivity contribution is -0.138. The second-order valence-electron chi connectivity index (χ2n) is 10.0. The molecular weight excluding hydrogens is 332 g/mol. The lowest BCUT2D eigenvalue weighted by Gasteiger charge is -2.52. The van der Waals surface area contributed by atoms with E-state index in [1.165, 1.54) is 5.57 Å². The first-order chi connectivity index (χ1) is 11.6. The van der Waals surface area contributed by atoms with Gasteiger partial charge in [-0.25, -0.2) is 0 Å². The molecule has 2 aliphatic heterocycles. The number of ether oxygens (including phenoxy) is 2. The van der Waals surface area contributed by atoms with Crippen molar-refractivity contribution in [2.75, 3.05) is 0 Å². The minimum Gasteiger partial charge on any atom is -0.435 e. The highest BCUT2D eigenvalue weighted by molar-refractivity contribution is 6.74. The molecule has 4 aliphatic rings. The maximum Gasteiger partial charge on any atom is 0.310 e. The van der Waals surface area contributed by atoms with Gasteiger partial charge in [0.05, 0.1) is 24.6 Å². The van der Waals surface area contributed by atoms with Gasteiger partial charge >= 0.3 is 5.97 Å². The summed E-state index contributed by atoms with van der Waals surface area (Å²) in [5, 5.41) is 0.185. The molecule has 2 saturated carbocycles. The average molecular weight is 365 g/mol. The first kappa shape index (κ1) is 17.7. The van der Waals surface area contributed by atoms with E-state index in [0.717, 1.165) is 32.1 Å². The summed E-state index contributed by atoms with van der Waals surface area (Å²) in [5.74, 6) is 0.438. The fourth-order valence-electron chi connectivity index (χ4n) is 4.89. The van der Waals surface area contributed by atoms with Crippen molar-refractivity contribution in [3.8, 4) is 0 Å². The van der Waals surface area contributed by atoms with Gasteiger partial charge in [0.1, 0.15) is 0 Å². The monoisotopic (exact) mass is 364 g/mol. The molecule has 0 radical (unpaired) electrons. The molecule has 0 aromatic rings. The number of hydrogen-bond donors (Lipinski definition) is 0. The van der Waals surface area contributed by atoms with Gasteiger partial charge in [0, 0.05) is 11.8 Å². The maximum atomic E-state index is 12.0. The van der Waals surface area contributed by atoms with Crippen LogP contribution in [0.5, 0.6) is 0 Å². The Balaban J connectivity index is 1.74. The molecule has 2 heterocycles. The van der Waals surface area contributed by atoms with E-state index in [2.05, 4.69) is 33.9 Å². The third kappa shape index (κ3) is 2.92. The number of rotatable bonds is 2. The number of carbonyl (C=O) groups is 1. The molecule has 25 heavy (non-hydrogen) atoms. The third-order valence-electron chi connectivity index (χ3n) is 7.52.